The van der Waals surface area contributed by atoms with Crippen molar-refractivity contribution in [1.29, 1.82) is 0 Å². The summed E-state index contributed by atoms with van der Waals surface area (Å²) in [5.74, 6) is 0.460. The molecule has 1 aromatic carbocycles. The fourth-order valence-corrected chi connectivity index (χ4v) is 3.06. The molecule has 0 saturated carbocycles. The van der Waals surface area contributed by atoms with Crippen LogP contribution in [0.2, 0.25) is 0 Å². The number of alkyl halides is 1. The van der Waals surface area contributed by atoms with Crippen LogP contribution in [0, 0.1) is 5.92 Å². The van der Waals surface area contributed by atoms with Gasteiger partial charge in [0.15, 0.2) is 0 Å². The third kappa shape index (κ3) is 7.54. The highest BCUT2D eigenvalue weighted by Gasteiger charge is 2.31. The predicted molar refractivity (Wildman–Crippen MR) is 123 cm³/mol. The zero-order chi connectivity index (χ0) is 21.3. The van der Waals surface area contributed by atoms with Crippen LogP contribution in [-0.4, -0.2) is 34.2 Å². The fraction of sp³-hybridized carbons (Fsp3) is 0.545. The first kappa shape index (κ1) is 24.6. The molecule has 6 heteroatoms. The number of allylic oxidation sites excluding steroid dienone is 1. The molecule has 0 saturated heterocycles. The first-order chi connectivity index (χ1) is 13.1. The van der Waals surface area contributed by atoms with Gasteiger partial charge in [0, 0.05) is 11.1 Å². The molecule has 0 aromatic heterocycles. The Morgan fingerprint density at radius 1 is 1.18 bits per heavy atom. The maximum absolute atomic E-state index is 13.0. The average molecular weight is 500 g/mol. The highest BCUT2D eigenvalue weighted by Crippen LogP contribution is 2.24. The van der Waals surface area contributed by atoms with Crippen molar-refractivity contribution in [3.63, 3.8) is 0 Å². The standard InChI is InChI=1S/C22H33IN2O3/c1-16(2)20(21(26)25(24-7)22(4,5)6)17(3)28-15-19-10-8-18(9-11-19)14-27-13-12-23/h8-11,16H,7,12-15H2,1-6H3/b20-17+. The Morgan fingerprint density at radius 2 is 1.71 bits per heavy atom. The lowest BCUT2D eigenvalue weighted by molar-refractivity contribution is -0.132. The molecule has 1 aromatic rings. The second-order valence-corrected chi connectivity index (χ2v) is 8.98. The Balaban J connectivity index is 2.87. The number of benzene rings is 1. The Bertz CT molecular complexity index is 676. The summed E-state index contributed by atoms with van der Waals surface area (Å²) in [6, 6.07) is 8.14. The molecule has 0 heterocycles. The minimum absolute atomic E-state index is 0.0107. The molecular formula is C22H33IN2O3. The summed E-state index contributed by atoms with van der Waals surface area (Å²) in [4.78, 5) is 13.0. The van der Waals surface area contributed by atoms with E-state index in [-0.39, 0.29) is 11.8 Å². The molecule has 1 amide bonds. The van der Waals surface area contributed by atoms with Crippen molar-refractivity contribution >= 4 is 35.2 Å². The number of hydrazone groups is 1. The quantitative estimate of drug-likeness (QED) is 0.0831. The van der Waals surface area contributed by atoms with E-state index in [4.69, 9.17) is 9.47 Å². The van der Waals surface area contributed by atoms with Gasteiger partial charge in [-0.05, 0) is 44.7 Å². The Morgan fingerprint density at radius 3 is 2.14 bits per heavy atom. The molecule has 0 atom stereocenters. The number of carbonyl (C=O) groups is 1. The number of nitrogens with zero attached hydrogens (tertiary/aromatic N) is 2. The number of hydrogen-bond donors (Lipinski definition) is 0. The van der Waals surface area contributed by atoms with Crippen LogP contribution in [0.25, 0.3) is 0 Å². The summed E-state index contributed by atoms with van der Waals surface area (Å²) >= 11 is 2.30. The van der Waals surface area contributed by atoms with E-state index >= 15 is 0 Å². The van der Waals surface area contributed by atoms with E-state index < -0.39 is 5.54 Å². The molecule has 0 aliphatic carbocycles. The molecule has 0 aliphatic rings. The van der Waals surface area contributed by atoms with Crippen LogP contribution in [0.15, 0.2) is 40.7 Å². The molecule has 5 nitrogen and oxygen atoms in total. The van der Waals surface area contributed by atoms with E-state index in [0.717, 1.165) is 22.2 Å². The molecule has 0 fully saturated rings. The molecule has 156 valence electrons. The Kier molecular flexibility index (Phi) is 10.2. The zero-order valence-corrected chi connectivity index (χ0v) is 20.1. The molecule has 0 spiro atoms. The lowest BCUT2D eigenvalue weighted by atomic mass is 9.98. The van der Waals surface area contributed by atoms with Crippen LogP contribution in [-0.2, 0) is 27.5 Å². The number of amides is 1. The van der Waals surface area contributed by atoms with Gasteiger partial charge in [-0.3, -0.25) is 4.79 Å². The van der Waals surface area contributed by atoms with Gasteiger partial charge in [-0.1, -0.05) is 60.7 Å². The van der Waals surface area contributed by atoms with Gasteiger partial charge in [-0.25, -0.2) is 5.01 Å². The number of rotatable bonds is 10. The second-order valence-electron chi connectivity index (χ2n) is 7.90. The van der Waals surface area contributed by atoms with E-state index in [1.165, 1.54) is 5.01 Å². The van der Waals surface area contributed by atoms with Gasteiger partial charge in [-0.15, -0.1) is 0 Å². The van der Waals surface area contributed by atoms with Crippen LogP contribution >= 0.6 is 22.6 Å². The monoisotopic (exact) mass is 500 g/mol. The van der Waals surface area contributed by atoms with Crippen molar-refractivity contribution in [3.8, 4) is 0 Å². The molecule has 0 N–H and O–H groups in total. The van der Waals surface area contributed by atoms with Crippen LogP contribution < -0.4 is 0 Å². The van der Waals surface area contributed by atoms with E-state index in [0.29, 0.717) is 24.5 Å². The second kappa shape index (κ2) is 11.6. The van der Waals surface area contributed by atoms with Crippen LogP contribution in [0.5, 0.6) is 0 Å². The van der Waals surface area contributed by atoms with Crippen LogP contribution in [0.1, 0.15) is 52.7 Å². The minimum Gasteiger partial charge on any atom is -0.493 e. The van der Waals surface area contributed by atoms with Crippen LogP contribution in [0.3, 0.4) is 0 Å². The SMILES string of the molecule is C=NN(C(=O)/C(=C(\C)OCc1ccc(COCCI)cc1)C(C)C)C(C)(C)C. The Labute approximate surface area is 183 Å². The van der Waals surface area contributed by atoms with Gasteiger partial charge >= 0.3 is 0 Å². The van der Waals surface area contributed by atoms with Gasteiger partial charge in [0.2, 0.25) is 0 Å². The normalized spacial score (nSPS) is 12.6. The molecule has 1 rings (SSSR count). The van der Waals surface area contributed by atoms with Gasteiger partial charge < -0.3 is 9.47 Å². The van der Waals surface area contributed by atoms with Crippen molar-refractivity contribution in [2.24, 2.45) is 11.0 Å². The molecule has 0 bridgehead atoms. The molecular weight excluding hydrogens is 467 g/mol. The third-order valence-corrected chi connectivity index (χ3v) is 4.57. The number of halogens is 1. The maximum Gasteiger partial charge on any atom is 0.274 e. The summed E-state index contributed by atoms with van der Waals surface area (Å²) in [6.45, 7) is 16.9. The van der Waals surface area contributed by atoms with Gasteiger partial charge in [0.05, 0.1) is 24.3 Å². The first-order valence-corrected chi connectivity index (χ1v) is 11.0. The largest absolute Gasteiger partial charge is 0.493 e. The fourth-order valence-electron chi connectivity index (χ4n) is 2.74. The highest BCUT2D eigenvalue weighted by atomic mass is 127. The van der Waals surface area contributed by atoms with Crippen LogP contribution in [0.4, 0.5) is 0 Å². The number of carbonyl (C=O) groups excluding carboxylic acids is 1. The molecule has 28 heavy (non-hydrogen) atoms. The highest BCUT2D eigenvalue weighted by molar-refractivity contribution is 14.1. The summed E-state index contributed by atoms with van der Waals surface area (Å²) in [7, 11) is 0. The van der Waals surface area contributed by atoms with E-state index in [9.17, 15) is 4.79 Å². The summed E-state index contributed by atoms with van der Waals surface area (Å²) in [5, 5.41) is 5.35. The Hall–Kier alpha value is -1.41. The maximum atomic E-state index is 13.0. The number of hydrogen-bond acceptors (Lipinski definition) is 4. The van der Waals surface area contributed by atoms with Crippen molar-refractivity contribution in [1.82, 2.24) is 5.01 Å². The zero-order valence-electron chi connectivity index (χ0n) is 17.9. The molecule has 0 aliphatic heterocycles. The van der Waals surface area contributed by atoms with Crippen molar-refractivity contribution in [2.45, 2.75) is 60.3 Å². The summed E-state index contributed by atoms with van der Waals surface area (Å²) < 4.78 is 12.5. The summed E-state index contributed by atoms with van der Waals surface area (Å²) in [5.41, 5.74) is 2.35. The van der Waals surface area contributed by atoms with Crippen molar-refractivity contribution in [2.75, 3.05) is 11.0 Å². The minimum atomic E-state index is -0.450. The topological polar surface area (TPSA) is 51.1 Å². The molecule has 0 unspecified atom stereocenters. The van der Waals surface area contributed by atoms with E-state index in [2.05, 4.69) is 34.4 Å². The molecule has 0 radical (unpaired) electrons. The van der Waals surface area contributed by atoms with Gasteiger partial charge in [-0.2, -0.15) is 5.10 Å². The predicted octanol–water partition coefficient (Wildman–Crippen LogP) is 5.33. The smallest absolute Gasteiger partial charge is 0.274 e. The number of ether oxygens (including phenoxy) is 2. The average Bonchev–Trinajstić information content (AvgIpc) is 2.60. The third-order valence-electron chi connectivity index (χ3n) is 4.12. The van der Waals surface area contributed by atoms with E-state index in [1.807, 2.05) is 65.8 Å². The first-order valence-electron chi connectivity index (χ1n) is 9.48. The van der Waals surface area contributed by atoms with Gasteiger partial charge in [0.1, 0.15) is 12.4 Å². The lowest BCUT2D eigenvalue weighted by Crippen LogP contribution is -2.43. The van der Waals surface area contributed by atoms with Crippen molar-refractivity contribution in [3.05, 3.63) is 46.7 Å². The van der Waals surface area contributed by atoms with E-state index in [1.54, 1.807) is 0 Å². The van der Waals surface area contributed by atoms with Gasteiger partial charge in [0.25, 0.3) is 5.91 Å². The lowest BCUT2D eigenvalue weighted by Gasteiger charge is -2.32. The summed E-state index contributed by atoms with van der Waals surface area (Å²) in [6.07, 6.45) is 0. The van der Waals surface area contributed by atoms with Crippen molar-refractivity contribution < 1.29 is 14.3 Å².